The van der Waals surface area contributed by atoms with Crippen molar-refractivity contribution in [2.24, 2.45) is 0 Å². The second-order valence-electron chi connectivity index (χ2n) is 6.00. The molecule has 0 saturated heterocycles. The molecule has 0 aliphatic heterocycles. The van der Waals surface area contributed by atoms with Gasteiger partial charge in [0, 0.05) is 17.4 Å². The fourth-order valence-corrected chi connectivity index (χ4v) is 5.35. The number of benzene rings is 1. The summed E-state index contributed by atoms with van der Waals surface area (Å²) < 4.78 is 80.0. The third kappa shape index (κ3) is 5.36. The quantitative estimate of drug-likeness (QED) is 0.283. The molecule has 2 aromatic rings. The lowest BCUT2D eigenvalue weighted by Crippen LogP contribution is -2.02. The zero-order chi connectivity index (χ0) is 18.8. The molecule has 1 unspecified atom stereocenters. The lowest BCUT2D eigenvalue weighted by Gasteiger charge is -2.05. The van der Waals surface area contributed by atoms with Crippen molar-refractivity contribution in [3.63, 3.8) is 0 Å². The van der Waals surface area contributed by atoms with Gasteiger partial charge in [-0.05, 0) is 37.0 Å². The van der Waals surface area contributed by atoms with E-state index < -0.39 is 23.2 Å². The Kier molecular flexibility index (Phi) is 6.07. The fourth-order valence-electron chi connectivity index (χ4n) is 3.21. The number of aryl methyl sites for hydroxylation is 1. The molecule has 9 heteroatoms. The van der Waals surface area contributed by atoms with Crippen molar-refractivity contribution >= 4 is 27.8 Å². The zero-order valence-electron chi connectivity index (χ0n) is 13.6. The van der Waals surface area contributed by atoms with Gasteiger partial charge in [0.2, 0.25) is 0 Å². The van der Waals surface area contributed by atoms with Gasteiger partial charge in [-0.2, -0.15) is 0 Å². The van der Waals surface area contributed by atoms with E-state index in [0.717, 1.165) is 43.1 Å². The molecular formula is C16H18BF7S. The minimum atomic E-state index is -6.00. The van der Waals surface area contributed by atoms with Crippen LogP contribution in [-0.4, -0.2) is 7.25 Å². The van der Waals surface area contributed by atoms with Gasteiger partial charge in [-0.25, -0.2) is 0 Å². The number of halogens is 7. The zero-order valence-corrected chi connectivity index (χ0v) is 14.4. The molecule has 1 aliphatic rings. The molecule has 1 aliphatic carbocycles. The van der Waals surface area contributed by atoms with Crippen molar-refractivity contribution in [3.05, 3.63) is 34.7 Å². The molecule has 0 nitrogen and oxygen atoms in total. The highest BCUT2D eigenvalue weighted by Gasteiger charge is 2.49. The van der Waals surface area contributed by atoms with Gasteiger partial charge in [0.05, 0.1) is 10.5 Å². The molecule has 0 spiro atoms. The first-order valence-corrected chi connectivity index (χ1v) is 9.26. The van der Waals surface area contributed by atoms with Crippen LogP contribution in [0.2, 0.25) is 0 Å². The molecule has 0 bridgehead atoms. The highest BCUT2D eigenvalue weighted by atomic mass is 32.2. The maximum Gasteiger partial charge on any atom is 0.673 e. The van der Waals surface area contributed by atoms with Crippen LogP contribution in [0.5, 0.6) is 0 Å². The van der Waals surface area contributed by atoms with E-state index in [-0.39, 0.29) is 5.92 Å². The third-order valence-electron chi connectivity index (χ3n) is 4.22. The first kappa shape index (κ1) is 20.1. The van der Waals surface area contributed by atoms with Gasteiger partial charge in [-0.15, -0.1) is 13.2 Å². The van der Waals surface area contributed by atoms with Crippen molar-refractivity contribution in [1.29, 1.82) is 0 Å². The Hall–Kier alpha value is -1.25. The van der Waals surface area contributed by atoms with Crippen LogP contribution in [0.25, 0.3) is 10.1 Å². The molecule has 0 N–H and O–H groups in total. The number of rotatable bonds is 2. The summed E-state index contributed by atoms with van der Waals surface area (Å²) in [6.07, 6.45) is 4.82. The standard InChI is InChI=1S/C16H18F3S.BF4/c1-2-11-7-8-14-13(9-11)10-15(12-5-3-4-6-12)20(14)16(17,18)19;2-1(3,4)5/h7-10,12H,2-6H2,1H3;/q+1;-1. The predicted molar refractivity (Wildman–Crippen MR) is 88.5 cm³/mol. The van der Waals surface area contributed by atoms with Crippen LogP contribution < -0.4 is 0 Å². The third-order valence-corrected chi connectivity index (χ3v) is 6.42. The van der Waals surface area contributed by atoms with E-state index in [4.69, 9.17) is 0 Å². The van der Waals surface area contributed by atoms with Gasteiger partial charge >= 0.3 is 12.8 Å². The van der Waals surface area contributed by atoms with E-state index in [9.17, 15) is 30.4 Å². The molecule has 1 heterocycles. The number of thiophene rings is 1. The summed E-state index contributed by atoms with van der Waals surface area (Å²) in [4.78, 5) is 0.637. The molecule has 0 amide bonds. The number of alkyl halides is 3. The van der Waals surface area contributed by atoms with Gasteiger partial charge in [0.25, 0.3) is 0 Å². The lowest BCUT2D eigenvalue weighted by molar-refractivity contribution is -0.0868. The molecule has 3 rings (SSSR count). The van der Waals surface area contributed by atoms with Crippen molar-refractivity contribution in [2.45, 2.75) is 50.5 Å². The first-order valence-electron chi connectivity index (χ1n) is 8.03. The topological polar surface area (TPSA) is 0 Å². The number of hydrogen-bond donors (Lipinski definition) is 0. The molecule has 1 fully saturated rings. The van der Waals surface area contributed by atoms with Crippen LogP contribution in [-0.2, 0) is 11.9 Å². The number of hydrogen-bond acceptors (Lipinski definition) is 0. The monoisotopic (exact) mass is 386 g/mol. The highest BCUT2D eigenvalue weighted by Crippen LogP contribution is 2.55. The van der Waals surface area contributed by atoms with Crippen LogP contribution in [0.15, 0.2) is 24.3 Å². The van der Waals surface area contributed by atoms with Gasteiger partial charge in [0.15, 0.2) is 9.58 Å². The van der Waals surface area contributed by atoms with Crippen molar-refractivity contribution < 1.29 is 30.4 Å². The lowest BCUT2D eigenvalue weighted by atomic mass is 10.1. The van der Waals surface area contributed by atoms with Gasteiger partial charge in [-0.3, -0.25) is 0 Å². The van der Waals surface area contributed by atoms with E-state index >= 15 is 0 Å². The Morgan fingerprint density at radius 2 is 1.60 bits per heavy atom. The van der Waals surface area contributed by atoms with Crippen LogP contribution in [0, 0.1) is 0 Å². The SMILES string of the molecule is CCc1ccc2c(c1)cc(C1CCCC1)[s+]2C(F)(F)F.F[B-](F)(F)F. The summed E-state index contributed by atoms with van der Waals surface area (Å²) in [5, 5.41) is 0.798. The summed E-state index contributed by atoms with van der Waals surface area (Å²) in [7, 11) is -7.70. The van der Waals surface area contributed by atoms with Crippen LogP contribution in [0.4, 0.5) is 30.4 Å². The molecular weight excluding hydrogens is 368 g/mol. The van der Waals surface area contributed by atoms with E-state index in [1.54, 1.807) is 6.07 Å². The molecule has 1 aromatic carbocycles. The maximum absolute atomic E-state index is 13.5. The van der Waals surface area contributed by atoms with Gasteiger partial charge < -0.3 is 17.3 Å². The Labute approximate surface area is 144 Å². The van der Waals surface area contributed by atoms with E-state index in [2.05, 4.69) is 0 Å². The van der Waals surface area contributed by atoms with E-state index in [0.29, 0.717) is 9.58 Å². The maximum atomic E-state index is 13.5. The van der Waals surface area contributed by atoms with Gasteiger partial charge in [0.1, 0.15) is 0 Å². The van der Waals surface area contributed by atoms with E-state index in [1.165, 1.54) is 0 Å². The molecule has 1 saturated carbocycles. The fraction of sp³-hybridized carbons (Fsp3) is 0.500. The van der Waals surface area contributed by atoms with Crippen molar-refractivity contribution in [1.82, 2.24) is 0 Å². The predicted octanol–water partition coefficient (Wildman–Crippen LogP) is 7.59. The highest BCUT2D eigenvalue weighted by molar-refractivity contribution is 7.38. The molecule has 0 radical (unpaired) electrons. The van der Waals surface area contributed by atoms with Crippen LogP contribution in [0.1, 0.15) is 49.0 Å². The summed E-state index contributed by atoms with van der Waals surface area (Å²) in [6, 6.07) is 7.31. The molecule has 1 aromatic heterocycles. The minimum absolute atomic E-state index is 0.137. The average molecular weight is 386 g/mol. The van der Waals surface area contributed by atoms with Crippen LogP contribution in [0.3, 0.4) is 0 Å². The van der Waals surface area contributed by atoms with Crippen LogP contribution >= 0.6 is 10.5 Å². The normalized spacial score (nSPS) is 16.9. The Balaban J connectivity index is 0.000000399. The second kappa shape index (κ2) is 7.56. The number of fused-ring (bicyclic) bond motifs is 1. The Morgan fingerprint density at radius 3 is 2.08 bits per heavy atom. The average Bonchev–Trinajstić information content (AvgIpc) is 3.10. The molecule has 1 atom stereocenters. The first-order chi connectivity index (χ1) is 11.5. The van der Waals surface area contributed by atoms with Crippen molar-refractivity contribution in [2.75, 3.05) is 0 Å². The summed E-state index contributed by atoms with van der Waals surface area (Å²) in [5.41, 5.74) is -3.04. The summed E-state index contributed by atoms with van der Waals surface area (Å²) in [5.74, 6) is 0.137. The molecule has 25 heavy (non-hydrogen) atoms. The van der Waals surface area contributed by atoms with Gasteiger partial charge in [-0.1, -0.05) is 25.8 Å². The Bertz CT molecular complexity index is 706. The summed E-state index contributed by atoms with van der Waals surface area (Å²) >= 11 is 0. The van der Waals surface area contributed by atoms with Crippen molar-refractivity contribution in [3.8, 4) is 0 Å². The minimum Gasteiger partial charge on any atom is -0.418 e. The largest absolute Gasteiger partial charge is 0.673 e. The second-order valence-corrected chi connectivity index (χ2v) is 7.99. The molecule has 140 valence electrons. The van der Waals surface area contributed by atoms with E-state index in [1.807, 2.05) is 25.1 Å². The summed E-state index contributed by atoms with van der Waals surface area (Å²) in [6.45, 7) is 2.03. The smallest absolute Gasteiger partial charge is 0.418 e. The Morgan fingerprint density at radius 1 is 1.04 bits per heavy atom.